The third-order valence-corrected chi connectivity index (χ3v) is 2.86. The van der Waals surface area contributed by atoms with E-state index in [1.807, 2.05) is 6.92 Å². The average molecular weight is 250 g/mol. The van der Waals surface area contributed by atoms with E-state index in [4.69, 9.17) is 0 Å². The quantitative estimate of drug-likeness (QED) is 0.690. The minimum absolute atomic E-state index is 1.08. The molecule has 72 valence electrons. The van der Waals surface area contributed by atoms with E-state index < -0.39 is 0 Å². The van der Waals surface area contributed by atoms with Crippen LogP contribution in [-0.2, 0) is 0 Å². The Kier molecular flexibility index (Phi) is 2.31. The van der Waals surface area contributed by atoms with Gasteiger partial charge in [-0.2, -0.15) is 0 Å². The van der Waals surface area contributed by atoms with Crippen LogP contribution in [0, 0.1) is 20.8 Å². The number of aromatic nitrogens is 1. The van der Waals surface area contributed by atoms with E-state index in [-0.39, 0.29) is 0 Å². The summed E-state index contributed by atoms with van der Waals surface area (Å²) < 4.78 is 1.12. The summed E-state index contributed by atoms with van der Waals surface area (Å²) in [4.78, 5) is 4.56. The smallest absolute Gasteiger partial charge is 0.0737 e. The number of halogens is 1. The van der Waals surface area contributed by atoms with E-state index in [1.165, 1.54) is 16.5 Å². The van der Waals surface area contributed by atoms with Gasteiger partial charge in [0.2, 0.25) is 0 Å². The van der Waals surface area contributed by atoms with Crippen molar-refractivity contribution in [3.8, 4) is 0 Å². The Balaban J connectivity index is 2.94. The first kappa shape index (κ1) is 9.66. The fourth-order valence-electron chi connectivity index (χ4n) is 1.78. The molecule has 0 aliphatic heterocycles. The summed E-state index contributed by atoms with van der Waals surface area (Å²) >= 11 is 3.51. The van der Waals surface area contributed by atoms with Crippen molar-refractivity contribution >= 4 is 26.8 Å². The fraction of sp³-hybridized carbons (Fsp3) is 0.250. The van der Waals surface area contributed by atoms with Crippen LogP contribution < -0.4 is 0 Å². The van der Waals surface area contributed by atoms with Crippen molar-refractivity contribution in [2.24, 2.45) is 0 Å². The van der Waals surface area contributed by atoms with Crippen molar-refractivity contribution in [1.29, 1.82) is 0 Å². The number of aryl methyl sites for hydroxylation is 3. The minimum atomic E-state index is 1.08. The van der Waals surface area contributed by atoms with Gasteiger partial charge in [0.05, 0.1) is 5.52 Å². The van der Waals surface area contributed by atoms with Crippen LogP contribution >= 0.6 is 15.9 Å². The van der Waals surface area contributed by atoms with Crippen molar-refractivity contribution < 1.29 is 0 Å². The van der Waals surface area contributed by atoms with E-state index >= 15 is 0 Å². The summed E-state index contributed by atoms with van der Waals surface area (Å²) in [7, 11) is 0. The zero-order chi connectivity index (χ0) is 10.3. The van der Waals surface area contributed by atoms with Gasteiger partial charge in [0.15, 0.2) is 0 Å². The van der Waals surface area contributed by atoms with Gasteiger partial charge < -0.3 is 0 Å². The van der Waals surface area contributed by atoms with E-state index in [1.54, 1.807) is 0 Å². The molecule has 1 nitrogen and oxygen atoms in total. The molecule has 1 heterocycles. The number of nitrogens with zero attached hydrogens (tertiary/aromatic N) is 1. The maximum absolute atomic E-state index is 4.56. The summed E-state index contributed by atoms with van der Waals surface area (Å²) in [6.45, 7) is 6.26. The maximum Gasteiger partial charge on any atom is 0.0737 e. The third-order valence-electron chi connectivity index (χ3n) is 2.40. The van der Waals surface area contributed by atoms with Gasteiger partial charge in [0, 0.05) is 15.6 Å². The molecule has 0 bridgehead atoms. The topological polar surface area (TPSA) is 12.9 Å². The Morgan fingerprint density at radius 2 is 1.71 bits per heavy atom. The Labute approximate surface area is 92.3 Å². The normalized spacial score (nSPS) is 10.9. The number of rotatable bonds is 0. The van der Waals surface area contributed by atoms with Crippen molar-refractivity contribution in [1.82, 2.24) is 4.98 Å². The van der Waals surface area contributed by atoms with Crippen LogP contribution in [0.3, 0.4) is 0 Å². The Morgan fingerprint density at radius 3 is 2.43 bits per heavy atom. The molecule has 2 rings (SSSR count). The van der Waals surface area contributed by atoms with Gasteiger partial charge in [0.25, 0.3) is 0 Å². The lowest BCUT2D eigenvalue weighted by molar-refractivity contribution is 1.22. The molecule has 14 heavy (non-hydrogen) atoms. The molecule has 2 aromatic rings. The molecule has 0 aliphatic carbocycles. The monoisotopic (exact) mass is 249 g/mol. The summed E-state index contributed by atoms with van der Waals surface area (Å²) in [5.74, 6) is 0. The molecule has 0 saturated carbocycles. The van der Waals surface area contributed by atoms with Gasteiger partial charge in [-0.1, -0.05) is 15.9 Å². The molecule has 0 spiro atoms. The van der Waals surface area contributed by atoms with Gasteiger partial charge in [-0.25, -0.2) is 0 Å². The van der Waals surface area contributed by atoms with Gasteiger partial charge in [-0.15, -0.1) is 0 Å². The van der Waals surface area contributed by atoms with Gasteiger partial charge >= 0.3 is 0 Å². The highest BCUT2D eigenvalue weighted by molar-refractivity contribution is 9.10. The highest BCUT2D eigenvalue weighted by atomic mass is 79.9. The average Bonchev–Trinajstić information content (AvgIpc) is 2.07. The largest absolute Gasteiger partial charge is 0.253 e. The molecule has 0 radical (unpaired) electrons. The second-order valence-electron chi connectivity index (χ2n) is 3.70. The van der Waals surface area contributed by atoms with Crippen molar-refractivity contribution in [3.63, 3.8) is 0 Å². The van der Waals surface area contributed by atoms with Crippen LogP contribution in [0.5, 0.6) is 0 Å². The zero-order valence-corrected chi connectivity index (χ0v) is 10.1. The molecule has 0 N–H and O–H groups in total. The molecule has 0 fully saturated rings. The molecular formula is C12H12BrN. The first-order valence-electron chi connectivity index (χ1n) is 4.62. The number of hydrogen-bond acceptors (Lipinski definition) is 1. The first-order valence-corrected chi connectivity index (χ1v) is 5.41. The van der Waals surface area contributed by atoms with Crippen molar-refractivity contribution in [2.75, 3.05) is 0 Å². The van der Waals surface area contributed by atoms with Crippen LogP contribution in [0.4, 0.5) is 0 Å². The SMILES string of the molecule is Cc1cc(C)c2cc(Br)cc(C)c2n1. The summed E-state index contributed by atoms with van der Waals surface area (Å²) in [5.41, 5.74) is 4.71. The number of benzene rings is 1. The van der Waals surface area contributed by atoms with Crippen LogP contribution in [-0.4, -0.2) is 4.98 Å². The molecular weight excluding hydrogens is 238 g/mol. The highest BCUT2D eigenvalue weighted by Gasteiger charge is 2.04. The highest BCUT2D eigenvalue weighted by Crippen LogP contribution is 2.25. The lowest BCUT2D eigenvalue weighted by Gasteiger charge is -2.06. The second kappa shape index (κ2) is 3.35. The van der Waals surface area contributed by atoms with Gasteiger partial charge in [-0.05, 0) is 50.1 Å². The summed E-state index contributed by atoms with van der Waals surface area (Å²) in [5, 5.41) is 1.24. The predicted octanol–water partition coefficient (Wildman–Crippen LogP) is 3.92. The van der Waals surface area contributed by atoms with E-state index in [2.05, 4.69) is 53.0 Å². The van der Waals surface area contributed by atoms with Gasteiger partial charge in [0.1, 0.15) is 0 Å². The second-order valence-corrected chi connectivity index (χ2v) is 4.62. The molecule has 0 saturated heterocycles. The van der Waals surface area contributed by atoms with Crippen LogP contribution in [0.15, 0.2) is 22.7 Å². The Bertz CT molecular complexity index is 456. The summed E-state index contributed by atoms with van der Waals surface area (Å²) in [6, 6.07) is 6.35. The van der Waals surface area contributed by atoms with Crippen LogP contribution in [0.1, 0.15) is 16.8 Å². The lowest BCUT2D eigenvalue weighted by atomic mass is 10.1. The molecule has 2 heteroatoms. The third kappa shape index (κ3) is 1.55. The first-order chi connectivity index (χ1) is 6.58. The maximum atomic E-state index is 4.56. The molecule has 1 aromatic heterocycles. The number of fused-ring (bicyclic) bond motifs is 1. The van der Waals surface area contributed by atoms with E-state index in [0.717, 1.165) is 15.7 Å². The lowest BCUT2D eigenvalue weighted by Crippen LogP contribution is -1.90. The Morgan fingerprint density at radius 1 is 1.00 bits per heavy atom. The van der Waals surface area contributed by atoms with Gasteiger partial charge in [-0.3, -0.25) is 4.98 Å². The predicted molar refractivity (Wildman–Crippen MR) is 63.7 cm³/mol. The molecule has 0 amide bonds. The van der Waals surface area contributed by atoms with Crippen molar-refractivity contribution in [3.05, 3.63) is 39.5 Å². The van der Waals surface area contributed by atoms with Crippen LogP contribution in [0.2, 0.25) is 0 Å². The fourth-order valence-corrected chi connectivity index (χ4v) is 2.36. The molecule has 0 aliphatic rings. The molecule has 1 aromatic carbocycles. The van der Waals surface area contributed by atoms with E-state index in [9.17, 15) is 0 Å². The Hall–Kier alpha value is -0.890. The summed E-state index contributed by atoms with van der Waals surface area (Å²) in [6.07, 6.45) is 0. The van der Waals surface area contributed by atoms with E-state index in [0.29, 0.717) is 0 Å². The molecule has 0 atom stereocenters. The standard InChI is InChI=1S/C12H12BrN/c1-7-4-9(3)14-12-8(2)5-10(13)6-11(7)12/h4-6H,1-3H3. The number of pyridine rings is 1. The van der Waals surface area contributed by atoms with Crippen molar-refractivity contribution in [2.45, 2.75) is 20.8 Å². The van der Waals surface area contributed by atoms with Crippen LogP contribution in [0.25, 0.3) is 10.9 Å². The minimum Gasteiger partial charge on any atom is -0.253 e. The zero-order valence-electron chi connectivity index (χ0n) is 8.56. The molecule has 0 unspecified atom stereocenters. The number of hydrogen-bond donors (Lipinski definition) is 0.